The van der Waals surface area contributed by atoms with Crippen molar-refractivity contribution in [2.45, 2.75) is 38.6 Å². The maximum absolute atomic E-state index is 12.8. The van der Waals surface area contributed by atoms with Crippen molar-refractivity contribution in [1.29, 1.82) is 0 Å². The van der Waals surface area contributed by atoms with E-state index in [-0.39, 0.29) is 17.7 Å². The number of nitrogens with one attached hydrogen (secondary N) is 1. The highest BCUT2D eigenvalue weighted by molar-refractivity contribution is 6.30. The summed E-state index contributed by atoms with van der Waals surface area (Å²) in [5, 5.41) is 3.80. The molecule has 2 amide bonds. The number of hydrogen-bond acceptors (Lipinski definition) is 3. The van der Waals surface area contributed by atoms with Crippen LogP contribution < -0.4 is 5.32 Å². The number of likely N-dealkylation sites (tertiary alicyclic amines) is 2. The molecule has 0 radical (unpaired) electrons. The van der Waals surface area contributed by atoms with Crippen molar-refractivity contribution in [2.75, 3.05) is 31.5 Å². The molecular formula is C25H30ClN3O2. The van der Waals surface area contributed by atoms with E-state index < -0.39 is 0 Å². The standard InChI is InChI=1S/C25H30ClN3O2/c26-22-9-5-20(6-10-22)17-28-13-3-4-21(18-28)25(31)27-23-11-7-19(8-12-23)16-24(30)29-14-1-2-15-29/h5-12,21H,1-4,13-18H2,(H,27,31). The Hall–Kier alpha value is -2.37. The number of amides is 2. The molecule has 0 spiro atoms. The minimum Gasteiger partial charge on any atom is -0.342 e. The Balaban J connectivity index is 1.28. The monoisotopic (exact) mass is 439 g/mol. The summed E-state index contributed by atoms with van der Waals surface area (Å²) in [7, 11) is 0. The quantitative estimate of drug-likeness (QED) is 0.727. The van der Waals surface area contributed by atoms with E-state index in [0.29, 0.717) is 6.42 Å². The van der Waals surface area contributed by atoms with Crippen molar-refractivity contribution in [3.8, 4) is 0 Å². The van der Waals surface area contributed by atoms with Crippen LogP contribution in [0, 0.1) is 5.92 Å². The molecule has 1 N–H and O–H groups in total. The van der Waals surface area contributed by atoms with E-state index in [2.05, 4.69) is 10.2 Å². The van der Waals surface area contributed by atoms with E-state index in [1.807, 2.05) is 53.4 Å². The minimum absolute atomic E-state index is 0.0162. The summed E-state index contributed by atoms with van der Waals surface area (Å²) in [5.74, 6) is 0.247. The molecule has 6 heteroatoms. The van der Waals surface area contributed by atoms with Gasteiger partial charge in [-0.3, -0.25) is 14.5 Å². The highest BCUT2D eigenvalue weighted by atomic mass is 35.5. The smallest absolute Gasteiger partial charge is 0.228 e. The molecule has 2 aliphatic heterocycles. The summed E-state index contributed by atoms with van der Waals surface area (Å²) in [5.41, 5.74) is 2.99. The Labute approximate surface area is 189 Å². The number of piperidine rings is 1. The Morgan fingerprint density at radius 2 is 1.58 bits per heavy atom. The van der Waals surface area contributed by atoms with Crippen LogP contribution in [0.3, 0.4) is 0 Å². The summed E-state index contributed by atoms with van der Waals surface area (Å²) in [6, 6.07) is 15.6. The molecule has 4 rings (SSSR count). The van der Waals surface area contributed by atoms with Crippen molar-refractivity contribution in [3.63, 3.8) is 0 Å². The molecule has 2 fully saturated rings. The zero-order valence-corrected chi connectivity index (χ0v) is 18.6. The molecule has 2 aromatic carbocycles. The third-order valence-corrected chi connectivity index (χ3v) is 6.48. The molecular weight excluding hydrogens is 410 g/mol. The molecule has 2 aliphatic rings. The zero-order chi connectivity index (χ0) is 21.6. The number of carbonyl (C=O) groups is 2. The van der Waals surface area contributed by atoms with Crippen molar-refractivity contribution in [1.82, 2.24) is 9.80 Å². The Morgan fingerprint density at radius 1 is 0.903 bits per heavy atom. The fraction of sp³-hybridized carbons (Fsp3) is 0.440. The second-order valence-electron chi connectivity index (χ2n) is 8.65. The fourth-order valence-electron chi connectivity index (χ4n) is 4.46. The van der Waals surface area contributed by atoms with Gasteiger partial charge in [0, 0.05) is 36.9 Å². The molecule has 31 heavy (non-hydrogen) atoms. The lowest BCUT2D eigenvalue weighted by Crippen LogP contribution is -2.40. The third-order valence-electron chi connectivity index (χ3n) is 6.23. The van der Waals surface area contributed by atoms with Gasteiger partial charge < -0.3 is 10.2 Å². The molecule has 0 aromatic heterocycles. The number of rotatable bonds is 6. The SMILES string of the molecule is O=C(Nc1ccc(CC(=O)N2CCCC2)cc1)C1CCCN(Cc2ccc(Cl)cc2)C1. The van der Waals surface area contributed by atoms with Crippen LogP contribution >= 0.6 is 11.6 Å². The number of anilines is 1. The Kier molecular flexibility index (Phi) is 7.25. The van der Waals surface area contributed by atoms with Crippen LogP contribution in [-0.4, -0.2) is 47.8 Å². The van der Waals surface area contributed by atoms with E-state index in [4.69, 9.17) is 11.6 Å². The topological polar surface area (TPSA) is 52.7 Å². The number of benzene rings is 2. The number of carbonyl (C=O) groups excluding carboxylic acids is 2. The van der Waals surface area contributed by atoms with E-state index in [1.165, 1.54) is 5.56 Å². The molecule has 2 heterocycles. The first-order valence-electron chi connectivity index (χ1n) is 11.2. The van der Waals surface area contributed by atoms with Crippen LogP contribution in [0.25, 0.3) is 0 Å². The van der Waals surface area contributed by atoms with Crippen molar-refractivity contribution in [3.05, 3.63) is 64.7 Å². The van der Waals surface area contributed by atoms with Crippen molar-refractivity contribution in [2.24, 2.45) is 5.92 Å². The van der Waals surface area contributed by atoms with Crippen LogP contribution in [-0.2, 0) is 22.6 Å². The first-order valence-corrected chi connectivity index (χ1v) is 11.6. The molecule has 2 aromatic rings. The second kappa shape index (κ2) is 10.3. The van der Waals surface area contributed by atoms with Gasteiger partial charge in [0.05, 0.1) is 12.3 Å². The fourth-order valence-corrected chi connectivity index (χ4v) is 4.59. The lowest BCUT2D eigenvalue weighted by Gasteiger charge is -2.32. The van der Waals surface area contributed by atoms with Gasteiger partial charge in [-0.25, -0.2) is 0 Å². The van der Waals surface area contributed by atoms with Crippen molar-refractivity contribution < 1.29 is 9.59 Å². The van der Waals surface area contributed by atoms with Gasteiger partial charge in [-0.1, -0.05) is 35.9 Å². The minimum atomic E-state index is -0.0162. The molecule has 0 aliphatic carbocycles. The lowest BCUT2D eigenvalue weighted by molar-refractivity contribution is -0.129. The summed E-state index contributed by atoms with van der Waals surface area (Å²) in [6.07, 6.45) is 4.56. The Bertz CT molecular complexity index is 892. The van der Waals surface area contributed by atoms with Gasteiger partial charge >= 0.3 is 0 Å². The number of nitrogens with zero attached hydrogens (tertiary/aromatic N) is 2. The van der Waals surface area contributed by atoms with Crippen molar-refractivity contribution >= 4 is 29.1 Å². The third kappa shape index (κ3) is 6.08. The first-order chi connectivity index (χ1) is 15.1. The number of halogens is 1. The average Bonchev–Trinajstić information content (AvgIpc) is 3.32. The average molecular weight is 440 g/mol. The first kappa shape index (κ1) is 21.8. The van der Waals surface area contributed by atoms with Crippen LogP contribution in [0.15, 0.2) is 48.5 Å². The van der Waals surface area contributed by atoms with E-state index >= 15 is 0 Å². The largest absolute Gasteiger partial charge is 0.342 e. The predicted octanol–water partition coefficient (Wildman–Crippen LogP) is 4.36. The van der Waals surface area contributed by atoms with E-state index in [0.717, 1.165) is 74.7 Å². The molecule has 1 unspecified atom stereocenters. The zero-order valence-electron chi connectivity index (χ0n) is 17.9. The summed E-state index contributed by atoms with van der Waals surface area (Å²) in [4.78, 5) is 29.4. The molecule has 0 saturated carbocycles. The maximum Gasteiger partial charge on any atom is 0.228 e. The van der Waals surface area contributed by atoms with E-state index in [1.54, 1.807) is 0 Å². The summed E-state index contributed by atoms with van der Waals surface area (Å²) in [6.45, 7) is 4.36. The van der Waals surface area contributed by atoms with Gasteiger partial charge in [0.2, 0.25) is 11.8 Å². The van der Waals surface area contributed by atoms with Gasteiger partial charge in [0.1, 0.15) is 0 Å². The highest BCUT2D eigenvalue weighted by Gasteiger charge is 2.26. The van der Waals surface area contributed by atoms with E-state index in [9.17, 15) is 9.59 Å². The molecule has 2 saturated heterocycles. The van der Waals surface area contributed by atoms with Crippen LogP contribution in [0.1, 0.15) is 36.8 Å². The van der Waals surface area contributed by atoms with Crippen LogP contribution in [0.2, 0.25) is 5.02 Å². The number of hydrogen-bond donors (Lipinski definition) is 1. The summed E-state index contributed by atoms with van der Waals surface area (Å²) < 4.78 is 0. The van der Waals surface area contributed by atoms with Crippen LogP contribution in [0.4, 0.5) is 5.69 Å². The molecule has 164 valence electrons. The Morgan fingerprint density at radius 3 is 2.29 bits per heavy atom. The molecule has 5 nitrogen and oxygen atoms in total. The molecule has 1 atom stereocenters. The van der Waals surface area contributed by atoms with Crippen LogP contribution in [0.5, 0.6) is 0 Å². The van der Waals surface area contributed by atoms with Gasteiger partial charge in [0.15, 0.2) is 0 Å². The summed E-state index contributed by atoms with van der Waals surface area (Å²) >= 11 is 5.97. The van der Waals surface area contributed by atoms with Gasteiger partial charge in [0.25, 0.3) is 0 Å². The normalized spacial score (nSPS) is 19.4. The van der Waals surface area contributed by atoms with Gasteiger partial charge in [-0.05, 0) is 67.6 Å². The van der Waals surface area contributed by atoms with Gasteiger partial charge in [-0.2, -0.15) is 0 Å². The maximum atomic E-state index is 12.8. The predicted molar refractivity (Wildman–Crippen MR) is 124 cm³/mol. The lowest BCUT2D eigenvalue weighted by atomic mass is 9.96. The molecule has 0 bridgehead atoms. The van der Waals surface area contributed by atoms with Gasteiger partial charge in [-0.15, -0.1) is 0 Å². The highest BCUT2D eigenvalue weighted by Crippen LogP contribution is 2.22. The second-order valence-corrected chi connectivity index (χ2v) is 9.09.